The second-order valence-corrected chi connectivity index (χ2v) is 8.36. The molecule has 2 atom stereocenters. The molecular weight excluding hydrogens is 282 g/mol. The van der Waals surface area contributed by atoms with Gasteiger partial charge in [0.15, 0.2) is 5.92 Å². The second kappa shape index (κ2) is 6.99. The molecular formula is C17H31NO4. The van der Waals surface area contributed by atoms with Crippen LogP contribution in [0.15, 0.2) is 0 Å². The SMILES string of the molecule is CC1(C)CCC(CC(N)C(C(=O)O)C(=O)OC(C)(C)C)CC1. The Hall–Kier alpha value is -1.10. The van der Waals surface area contributed by atoms with Crippen LogP contribution in [0.3, 0.4) is 0 Å². The van der Waals surface area contributed by atoms with Crippen molar-refractivity contribution < 1.29 is 19.4 Å². The van der Waals surface area contributed by atoms with Crippen molar-refractivity contribution in [3.05, 3.63) is 0 Å². The standard InChI is InChI=1S/C17H31NO4/c1-16(2,3)22-15(21)13(14(19)20)12(18)10-11-6-8-17(4,5)9-7-11/h11-13H,6-10,18H2,1-5H3,(H,19,20). The molecule has 3 N–H and O–H groups in total. The largest absolute Gasteiger partial charge is 0.481 e. The lowest BCUT2D eigenvalue weighted by atomic mass is 9.71. The lowest BCUT2D eigenvalue weighted by Crippen LogP contribution is -2.45. The molecule has 0 spiro atoms. The maximum Gasteiger partial charge on any atom is 0.322 e. The topological polar surface area (TPSA) is 89.6 Å². The van der Waals surface area contributed by atoms with Crippen molar-refractivity contribution in [3.8, 4) is 0 Å². The molecule has 1 fully saturated rings. The third-order valence-electron chi connectivity index (χ3n) is 4.42. The van der Waals surface area contributed by atoms with Gasteiger partial charge in [-0.15, -0.1) is 0 Å². The smallest absolute Gasteiger partial charge is 0.322 e. The Bertz CT molecular complexity index is 401. The number of hydrogen-bond acceptors (Lipinski definition) is 4. The summed E-state index contributed by atoms with van der Waals surface area (Å²) in [6, 6.07) is -0.696. The van der Waals surface area contributed by atoms with Crippen molar-refractivity contribution in [2.75, 3.05) is 0 Å². The van der Waals surface area contributed by atoms with Crippen LogP contribution in [0.25, 0.3) is 0 Å². The number of aliphatic carboxylic acids is 1. The Balaban J connectivity index is 2.64. The summed E-state index contributed by atoms with van der Waals surface area (Å²) < 4.78 is 5.20. The molecule has 0 aromatic carbocycles. The predicted molar refractivity (Wildman–Crippen MR) is 85.3 cm³/mol. The van der Waals surface area contributed by atoms with Crippen LogP contribution in [0.4, 0.5) is 0 Å². The van der Waals surface area contributed by atoms with Crippen molar-refractivity contribution >= 4 is 11.9 Å². The van der Waals surface area contributed by atoms with Gasteiger partial charge >= 0.3 is 11.9 Å². The van der Waals surface area contributed by atoms with Crippen molar-refractivity contribution in [1.29, 1.82) is 0 Å². The third kappa shape index (κ3) is 5.95. The summed E-state index contributed by atoms with van der Waals surface area (Å²) in [5.41, 5.74) is 5.71. The van der Waals surface area contributed by atoms with Gasteiger partial charge in [0.05, 0.1) is 0 Å². The lowest BCUT2D eigenvalue weighted by Gasteiger charge is -2.36. The van der Waals surface area contributed by atoms with Gasteiger partial charge in [-0.2, -0.15) is 0 Å². The van der Waals surface area contributed by atoms with E-state index in [4.69, 9.17) is 10.5 Å². The molecule has 0 saturated heterocycles. The fraction of sp³-hybridized carbons (Fsp3) is 0.882. The molecule has 128 valence electrons. The van der Waals surface area contributed by atoms with E-state index in [0.717, 1.165) is 25.7 Å². The molecule has 0 aliphatic heterocycles. The van der Waals surface area contributed by atoms with E-state index in [9.17, 15) is 14.7 Å². The van der Waals surface area contributed by atoms with E-state index in [0.29, 0.717) is 17.8 Å². The van der Waals surface area contributed by atoms with Gasteiger partial charge < -0.3 is 15.6 Å². The zero-order chi connectivity index (χ0) is 17.1. The minimum Gasteiger partial charge on any atom is -0.481 e. The summed E-state index contributed by atoms with van der Waals surface area (Å²) in [4.78, 5) is 23.5. The van der Waals surface area contributed by atoms with Gasteiger partial charge in [-0.25, -0.2) is 0 Å². The normalized spacial score (nSPS) is 21.9. The first-order valence-electron chi connectivity index (χ1n) is 8.12. The summed E-state index contributed by atoms with van der Waals surface area (Å²) in [7, 11) is 0. The first kappa shape index (κ1) is 18.9. The Morgan fingerprint density at radius 2 is 1.77 bits per heavy atom. The fourth-order valence-corrected chi connectivity index (χ4v) is 3.04. The van der Waals surface area contributed by atoms with Gasteiger partial charge in [0.1, 0.15) is 5.60 Å². The maximum absolute atomic E-state index is 12.1. The minimum absolute atomic E-state index is 0.359. The van der Waals surface area contributed by atoms with Crippen LogP contribution in [0, 0.1) is 17.3 Å². The molecule has 0 bridgehead atoms. The van der Waals surface area contributed by atoms with E-state index >= 15 is 0 Å². The highest BCUT2D eigenvalue weighted by atomic mass is 16.6. The van der Waals surface area contributed by atoms with Gasteiger partial charge in [0.2, 0.25) is 0 Å². The Morgan fingerprint density at radius 3 is 2.18 bits per heavy atom. The number of ether oxygens (including phenoxy) is 1. The summed E-state index contributed by atoms with van der Waals surface area (Å²) in [6.45, 7) is 9.67. The first-order valence-corrected chi connectivity index (χ1v) is 8.12. The summed E-state index contributed by atoms with van der Waals surface area (Å²) in [5, 5.41) is 9.34. The Morgan fingerprint density at radius 1 is 1.27 bits per heavy atom. The van der Waals surface area contributed by atoms with Crippen molar-refractivity contribution in [3.63, 3.8) is 0 Å². The van der Waals surface area contributed by atoms with Gasteiger partial charge in [-0.1, -0.05) is 13.8 Å². The van der Waals surface area contributed by atoms with Crippen LogP contribution in [-0.2, 0) is 14.3 Å². The highest BCUT2D eigenvalue weighted by Crippen LogP contribution is 2.39. The molecule has 1 aliphatic rings. The zero-order valence-electron chi connectivity index (χ0n) is 14.5. The van der Waals surface area contributed by atoms with Crippen LogP contribution in [0.2, 0.25) is 0 Å². The molecule has 5 heteroatoms. The molecule has 2 unspecified atom stereocenters. The summed E-state index contributed by atoms with van der Waals surface area (Å²) in [6.07, 6.45) is 4.89. The number of hydrogen-bond donors (Lipinski definition) is 2. The molecule has 0 heterocycles. The van der Waals surface area contributed by atoms with E-state index in [2.05, 4.69) is 13.8 Å². The van der Waals surface area contributed by atoms with Gasteiger partial charge in [0, 0.05) is 6.04 Å². The molecule has 1 rings (SSSR count). The number of carboxylic acid groups (broad SMARTS) is 1. The van der Waals surface area contributed by atoms with Crippen LogP contribution < -0.4 is 5.73 Å². The van der Waals surface area contributed by atoms with Gasteiger partial charge in [0.25, 0.3) is 0 Å². The van der Waals surface area contributed by atoms with E-state index in [1.807, 2.05) is 0 Å². The highest BCUT2D eigenvalue weighted by molar-refractivity contribution is 5.95. The second-order valence-electron chi connectivity index (χ2n) is 8.36. The molecule has 1 saturated carbocycles. The van der Waals surface area contributed by atoms with Crippen LogP contribution in [-0.4, -0.2) is 28.7 Å². The highest BCUT2D eigenvalue weighted by Gasteiger charge is 2.38. The number of carbonyl (C=O) groups is 2. The molecule has 22 heavy (non-hydrogen) atoms. The van der Waals surface area contributed by atoms with Crippen molar-refractivity contribution in [1.82, 2.24) is 0 Å². The molecule has 0 aromatic heterocycles. The molecule has 0 radical (unpaired) electrons. The quantitative estimate of drug-likeness (QED) is 0.601. The van der Waals surface area contributed by atoms with E-state index in [1.165, 1.54) is 0 Å². The predicted octanol–water partition coefficient (Wildman–Crippen LogP) is 2.96. The van der Waals surface area contributed by atoms with E-state index in [1.54, 1.807) is 20.8 Å². The molecule has 5 nitrogen and oxygen atoms in total. The zero-order valence-corrected chi connectivity index (χ0v) is 14.5. The fourth-order valence-electron chi connectivity index (χ4n) is 3.04. The van der Waals surface area contributed by atoms with Crippen molar-refractivity contribution in [2.45, 2.75) is 78.4 Å². The molecule has 0 aromatic rings. The average molecular weight is 313 g/mol. The summed E-state index contributed by atoms with van der Waals surface area (Å²) in [5.74, 6) is -2.82. The van der Waals surface area contributed by atoms with Crippen LogP contribution in [0.1, 0.15) is 66.7 Å². The third-order valence-corrected chi connectivity index (χ3v) is 4.42. The monoisotopic (exact) mass is 313 g/mol. The van der Waals surface area contributed by atoms with E-state index in [-0.39, 0.29) is 0 Å². The number of esters is 1. The van der Waals surface area contributed by atoms with E-state index < -0.39 is 29.5 Å². The van der Waals surface area contributed by atoms with Gasteiger partial charge in [-0.3, -0.25) is 9.59 Å². The molecule has 1 aliphatic carbocycles. The van der Waals surface area contributed by atoms with Crippen LogP contribution in [0.5, 0.6) is 0 Å². The van der Waals surface area contributed by atoms with Crippen LogP contribution >= 0.6 is 0 Å². The number of carboxylic acids is 1. The Kier molecular flexibility index (Phi) is 6.02. The maximum atomic E-state index is 12.1. The first-order chi connectivity index (χ1) is 9.91. The lowest BCUT2D eigenvalue weighted by molar-refractivity contribution is -0.168. The Labute approximate surface area is 133 Å². The summed E-state index contributed by atoms with van der Waals surface area (Å²) >= 11 is 0. The van der Waals surface area contributed by atoms with Crippen molar-refractivity contribution in [2.24, 2.45) is 23.0 Å². The van der Waals surface area contributed by atoms with Gasteiger partial charge in [-0.05, 0) is 64.2 Å². The molecule has 0 amide bonds. The number of carbonyl (C=O) groups excluding carboxylic acids is 1. The number of rotatable bonds is 5. The number of nitrogens with two attached hydrogens (primary N) is 1. The minimum atomic E-state index is -1.28. The average Bonchev–Trinajstić information content (AvgIpc) is 2.29.